The van der Waals surface area contributed by atoms with Crippen LogP contribution in [0.4, 0.5) is 8.78 Å². The summed E-state index contributed by atoms with van der Waals surface area (Å²) < 4.78 is 27.3. The number of halogens is 2. The lowest BCUT2D eigenvalue weighted by Crippen LogP contribution is -2.24. The number of rotatable bonds is 5. The fraction of sp³-hybridized carbons (Fsp3) is 0.172. The first-order valence-corrected chi connectivity index (χ1v) is 12.4. The molecule has 0 saturated carbocycles. The molecular weight excluding hydrogens is 484 g/mol. The number of likely N-dealkylation sites (tertiary alicyclic amines) is 1. The summed E-state index contributed by atoms with van der Waals surface area (Å²) in [6, 6.07) is 16.1. The van der Waals surface area contributed by atoms with Crippen LogP contribution in [0, 0.1) is 0 Å². The number of H-pyrrole nitrogens is 2. The average molecular weight is 508 g/mol. The summed E-state index contributed by atoms with van der Waals surface area (Å²) in [6.07, 6.45) is 8.78. The Labute approximate surface area is 216 Å². The number of nitrogens with zero attached hydrogens (tertiary/aromatic N) is 5. The zero-order valence-corrected chi connectivity index (χ0v) is 20.3. The Morgan fingerprint density at radius 2 is 1.68 bits per heavy atom. The van der Waals surface area contributed by atoms with E-state index in [1.54, 1.807) is 35.9 Å². The topological polar surface area (TPSA) is 86.4 Å². The fourth-order valence-corrected chi connectivity index (χ4v) is 5.25. The van der Waals surface area contributed by atoms with Crippen LogP contribution in [0.1, 0.15) is 12.0 Å². The van der Waals surface area contributed by atoms with Crippen molar-refractivity contribution < 1.29 is 8.78 Å². The number of hydrogen-bond donors (Lipinski definition) is 2. The molecule has 1 fully saturated rings. The third-order valence-corrected chi connectivity index (χ3v) is 7.10. The number of benzene rings is 1. The lowest BCUT2D eigenvalue weighted by Gasteiger charge is -2.15. The first-order valence-electron chi connectivity index (χ1n) is 12.4. The summed E-state index contributed by atoms with van der Waals surface area (Å²) in [5.41, 5.74) is 8.29. The van der Waals surface area contributed by atoms with Crippen molar-refractivity contribution in [3.05, 3.63) is 85.1 Å². The van der Waals surface area contributed by atoms with Gasteiger partial charge in [0.1, 0.15) is 5.69 Å². The molecule has 7 nitrogen and oxygen atoms in total. The number of hydrogen-bond acceptors (Lipinski definition) is 5. The minimum Gasteiger partial charge on any atom is -0.353 e. The van der Waals surface area contributed by atoms with E-state index in [1.807, 2.05) is 36.4 Å². The third-order valence-electron chi connectivity index (χ3n) is 7.10. The Kier molecular flexibility index (Phi) is 5.26. The van der Waals surface area contributed by atoms with E-state index in [2.05, 4.69) is 42.3 Å². The van der Waals surface area contributed by atoms with Gasteiger partial charge in [-0.1, -0.05) is 6.07 Å². The second-order valence-electron chi connectivity index (χ2n) is 9.77. The molecule has 6 heterocycles. The van der Waals surface area contributed by atoms with Crippen LogP contribution in [-0.2, 0) is 6.54 Å². The number of pyridine rings is 3. The van der Waals surface area contributed by atoms with Crippen molar-refractivity contribution in [2.24, 2.45) is 0 Å². The van der Waals surface area contributed by atoms with Gasteiger partial charge in [-0.3, -0.25) is 25.0 Å². The van der Waals surface area contributed by atoms with Gasteiger partial charge in [0.2, 0.25) is 0 Å². The molecule has 1 aromatic carbocycles. The van der Waals surface area contributed by atoms with Gasteiger partial charge in [0.05, 0.1) is 23.4 Å². The van der Waals surface area contributed by atoms with Gasteiger partial charge >= 0.3 is 0 Å². The molecular formula is C29H23F2N7. The van der Waals surface area contributed by atoms with Crippen LogP contribution in [0.3, 0.4) is 0 Å². The second kappa shape index (κ2) is 8.81. The zero-order chi connectivity index (χ0) is 25.7. The smallest absolute Gasteiger partial charge is 0.261 e. The summed E-state index contributed by atoms with van der Waals surface area (Å²) in [7, 11) is 0. The Balaban J connectivity index is 1.24. The minimum atomic E-state index is -2.61. The summed E-state index contributed by atoms with van der Waals surface area (Å²) in [4.78, 5) is 18.4. The van der Waals surface area contributed by atoms with E-state index in [-0.39, 0.29) is 13.0 Å². The largest absolute Gasteiger partial charge is 0.353 e. The molecule has 6 aromatic rings. The standard InChI is InChI=1S/C29H23F2N7/c30-29(31)6-10-38(17-29)16-18-11-21(15-33-14-18)20-1-2-25-22(12-20)28(37-36-25)26-13-23-24(35-26)5-9-34-27(23)19-3-7-32-8-4-19/h1-5,7-9,11-15,35H,6,10,16-17H2,(H,36,37). The van der Waals surface area contributed by atoms with Crippen molar-refractivity contribution in [3.8, 4) is 33.8 Å². The average Bonchev–Trinajstić information content (AvgIpc) is 3.64. The molecule has 0 aliphatic carbocycles. The molecule has 1 saturated heterocycles. The fourth-order valence-electron chi connectivity index (χ4n) is 5.25. The molecule has 1 aliphatic heterocycles. The number of nitrogens with one attached hydrogen (secondary N) is 2. The summed E-state index contributed by atoms with van der Waals surface area (Å²) in [5.74, 6) is -2.61. The summed E-state index contributed by atoms with van der Waals surface area (Å²) >= 11 is 0. The zero-order valence-electron chi connectivity index (χ0n) is 20.3. The summed E-state index contributed by atoms with van der Waals surface area (Å²) in [6.45, 7) is 0.646. The second-order valence-corrected chi connectivity index (χ2v) is 9.77. The summed E-state index contributed by atoms with van der Waals surface area (Å²) in [5, 5.41) is 9.73. The highest BCUT2D eigenvalue weighted by atomic mass is 19.3. The first kappa shape index (κ1) is 22.7. The number of aromatic nitrogens is 6. The van der Waals surface area contributed by atoms with Crippen molar-refractivity contribution in [3.63, 3.8) is 0 Å². The Morgan fingerprint density at radius 3 is 2.53 bits per heavy atom. The number of fused-ring (bicyclic) bond motifs is 2. The highest BCUT2D eigenvalue weighted by molar-refractivity contribution is 6.00. The van der Waals surface area contributed by atoms with Crippen molar-refractivity contribution in [2.45, 2.75) is 18.9 Å². The van der Waals surface area contributed by atoms with Crippen molar-refractivity contribution in [2.75, 3.05) is 13.1 Å². The number of alkyl halides is 2. The van der Waals surface area contributed by atoms with Crippen LogP contribution >= 0.6 is 0 Å². The molecule has 0 atom stereocenters. The van der Waals surface area contributed by atoms with Gasteiger partial charge in [0.25, 0.3) is 5.92 Å². The van der Waals surface area contributed by atoms with E-state index in [0.717, 1.165) is 61.1 Å². The maximum absolute atomic E-state index is 13.6. The molecule has 1 aliphatic rings. The van der Waals surface area contributed by atoms with Gasteiger partial charge in [-0.15, -0.1) is 0 Å². The molecule has 2 N–H and O–H groups in total. The van der Waals surface area contributed by atoms with Crippen molar-refractivity contribution >= 4 is 21.8 Å². The van der Waals surface area contributed by atoms with Crippen LogP contribution in [-0.4, -0.2) is 54.0 Å². The van der Waals surface area contributed by atoms with Gasteiger partial charge in [-0.25, -0.2) is 8.78 Å². The van der Waals surface area contributed by atoms with E-state index in [0.29, 0.717) is 13.1 Å². The van der Waals surface area contributed by atoms with Crippen LogP contribution < -0.4 is 0 Å². The van der Waals surface area contributed by atoms with Gasteiger partial charge in [0, 0.05) is 77.9 Å². The van der Waals surface area contributed by atoms with Crippen LogP contribution in [0.25, 0.3) is 55.6 Å². The maximum Gasteiger partial charge on any atom is 0.261 e. The molecule has 0 amide bonds. The predicted octanol–water partition coefficient (Wildman–Crippen LogP) is 6.07. The van der Waals surface area contributed by atoms with E-state index >= 15 is 0 Å². The normalized spacial score (nSPS) is 15.5. The third kappa shape index (κ3) is 4.10. The van der Waals surface area contributed by atoms with E-state index < -0.39 is 5.92 Å². The van der Waals surface area contributed by atoms with Gasteiger partial charge in [-0.05, 0) is 53.6 Å². The predicted molar refractivity (Wildman–Crippen MR) is 142 cm³/mol. The molecule has 0 radical (unpaired) electrons. The van der Waals surface area contributed by atoms with Crippen LogP contribution in [0.15, 0.2) is 79.5 Å². The highest BCUT2D eigenvalue weighted by Gasteiger charge is 2.37. The minimum absolute atomic E-state index is 0.0894. The maximum atomic E-state index is 13.6. The molecule has 9 heteroatoms. The van der Waals surface area contributed by atoms with E-state index in [4.69, 9.17) is 0 Å². The molecule has 0 unspecified atom stereocenters. The Bertz CT molecular complexity index is 1770. The quantitative estimate of drug-likeness (QED) is 0.296. The Morgan fingerprint density at radius 1 is 0.816 bits per heavy atom. The number of aromatic amines is 2. The van der Waals surface area contributed by atoms with E-state index in [9.17, 15) is 8.78 Å². The van der Waals surface area contributed by atoms with Crippen LogP contribution in [0.2, 0.25) is 0 Å². The van der Waals surface area contributed by atoms with Crippen LogP contribution in [0.5, 0.6) is 0 Å². The van der Waals surface area contributed by atoms with Crippen molar-refractivity contribution in [1.29, 1.82) is 0 Å². The first-order chi connectivity index (χ1) is 18.5. The van der Waals surface area contributed by atoms with E-state index in [1.165, 1.54) is 0 Å². The van der Waals surface area contributed by atoms with Crippen molar-refractivity contribution in [1.82, 2.24) is 35.0 Å². The monoisotopic (exact) mass is 507 g/mol. The molecule has 0 spiro atoms. The van der Waals surface area contributed by atoms with Gasteiger partial charge < -0.3 is 4.98 Å². The molecule has 0 bridgehead atoms. The molecule has 188 valence electrons. The molecule has 7 rings (SSSR count). The highest BCUT2D eigenvalue weighted by Crippen LogP contribution is 2.34. The molecule has 5 aromatic heterocycles. The molecule has 38 heavy (non-hydrogen) atoms. The lowest BCUT2D eigenvalue weighted by atomic mass is 10.0. The SMILES string of the molecule is FC1(F)CCN(Cc2cncc(-c3ccc4[nH]nc(-c5cc6c(-c7ccncc7)nccc6[nH]5)c4c3)c2)C1. The van der Waals surface area contributed by atoms with Gasteiger partial charge in [0.15, 0.2) is 0 Å². The Hall–Kier alpha value is -4.50. The lowest BCUT2D eigenvalue weighted by molar-refractivity contribution is 0.0115. The van der Waals surface area contributed by atoms with Gasteiger partial charge in [-0.2, -0.15) is 5.10 Å².